The molecule has 0 spiro atoms. The van der Waals surface area contributed by atoms with Crippen molar-refractivity contribution < 1.29 is 9.53 Å². The van der Waals surface area contributed by atoms with Crippen molar-refractivity contribution in [2.45, 2.75) is 19.8 Å². The van der Waals surface area contributed by atoms with E-state index in [1.54, 1.807) is 6.07 Å². The number of aromatic nitrogens is 2. The predicted molar refractivity (Wildman–Crippen MR) is 109 cm³/mol. The standard InChI is InChI=1S/C22H22N4O2/c1-16-15-20(25-22(23-16)26-13-5-6-14-26)21(27)24-17-9-11-19(12-10-17)28-18-7-3-2-4-8-18/h2-4,7-12,15H,5-6,13-14H2,1H3,(H,24,27). The fourth-order valence-corrected chi connectivity index (χ4v) is 3.15. The van der Waals surface area contributed by atoms with E-state index >= 15 is 0 Å². The summed E-state index contributed by atoms with van der Waals surface area (Å²) in [6.07, 6.45) is 2.27. The summed E-state index contributed by atoms with van der Waals surface area (Å²) < 4.78 is 5.77. The lowest BCUT2D eigenvalue weighted by Crippen LogP contribution is -2.23. The van der Waals surface area contributed by atoms with Crippen molar-refractivity contribution in [1.82, 2.24) is 9.97 Å². The molecule has 4 rings (SSSR count). The highest BCUT2D eigenvalue weighted by Crippen LogP contribution is 2.23. The molecule has 2 aromatic carbocycles. The van der Waals surface area contributed by atoms with Crippen LogP contribution in [0.25, 0.3) is 0 Å². The van der Waals surface area contributed by atoms with E-state index < -0.39 is 0 Å². The molecule has 1 N–H and O–H groups in total. The second-order valence-electron chi connectivity index (χ2n) is 6.78. The molecule has 0 unspecified atom stereocenters. The minimum Gasteiger partial charge on any atom is -0.457 e. The Morgan fingerprint density at radius 2 is 1.64 bits per heavy atom. The van der Waals surface area contributed by atoms with Crippen LogP contribution < -0.4 is 15.0 Å². The summed E-state index contributed by atoms with van der Waals surface area (Å²) in [6.45, 7) is 3.76. The summed E-state index contributed by atoms with van der Waals surface area (Å²) in [5.74, 6) is 1.86. The highest BCUT2D eigenvalue weighted by molar-refractivity contribution is 6.03. The Morgan fingerprint density at radius 1 is 0.964 bits per heavy atom. The average Bonchev–Trinajstić information content (AvgIpc) is 3.25. The highest BCUT2D eigenvalue weighted by atomic mass is 16.5. The number of rotatable bonds is 5. The normalized spacial score (nSPS) is 13.4. The number of hydrogen-bond acceptors (Lipinski definition) is 5. The minimum absolute atomic E-state index is 0.248. The maximum atomic E-state index is 12.7. The molecule has 3 aromatic rings. The highest BCUT2D eigenvalue weighted by Gasteiger charge is 2.18. The van der Waals surface area contributed by atoms with Gasteiger partial charge in [-0.2, -0.15) is 0 Å². The Hall–Kier alpha value is -3.41. The van der Waals surface area contributed by atoms with Crippen LogP contribution >= 0.6 is 0 Å². The zero-order chi connectivity index (χ0) is 19.3. The van der Waals surface area contributed by atoms with Crippen LogP contribution in [0.1, 0.15) is 29.0 Å². The fraction of sp³-hybridized carbons (Fsp3) is 0.227. The minimum atomic E-state index is -0.248. The summed E-state index contributed by atoms with van der Waals surface area (Å²) in [5, 5.41) is 2.89. The smallest absolute Gasteiger partial charge is 0.274 e. The van der Waals surface area contributed by atoms with Crippen molar-refractivity contribution in [3.8, 4) is 11.5 Å². The van der Waals surface area contributed by atoms with E-state index in [2.05, 4.69) is 20.2 Å². The number of hydrogen-bond donors (Lipinski definition) is 1. The van der Waals surface area contributed by atoms with Gasteiger partial charge in [0.25, 0.3) is 5.91 Å². The van der Waals surface area contributed by atoms with E-state index in [0.717, 1.165) is 37.4 Å². The molecule has 1 fully saturated rings. The van der Waals surface area contributed by atoms with Gasteiger partial charge < -0.3 is 15.0 Å². The van der Waals surface area contributed by atoms with Gasteiger partial charge in [0.05, 0.1) is 0 Å². The van der Waals surface area contributed by atoms with E-state index in [4.69, 9.17) is 4.74 Å². The molecule has 6 heteroatoms. The third-order valence-corrected chi connectivity index (χ3v) is 4.56. The molecule has 1 aromatic heterocycles. The molecular weight excluding hydrogens is 352 g/mol. The molecule has 1 aliphatic heterocycles. The van der Waals surface area contributed by atoms with Crippen LogP contribution in [0.4, 0.5) is 11.6 Å². The maximum Gasteiger partial charge on any atom is 0.274 e. The molecule has 0 radical (unpaired) electrons. The summed E-state index contributed by atoms with van der Waals surface area (Å²) in [6, 6.07) is 18.5. The fourth-order valence-electron chi connectivity index (χ4n) is 3.15. The molecule has 142 valence electrons. The molecule has 1 amide bonds. The molecule has 0 atom stereocenters. The van der Waals surface area contributed by atoms with Crippen LogP contribution in [0.15, 0.2) is 60.7 Å². The number of para-hydroxylation sites is 1. The number of nitrogens with one attached hydrogen (secondary N) is 1. The van der Waals surface area contributed by atoms with Gasteiger partial charge in [0, 0.05) is 24.5 Å². The Labute approximate surface area is 164 Å². The molecule has 2 heterocycles. The van der Waals surface area contributed by atoms with Crippen molar-refractivity contribution in [3.63, 3.8) is 0 Å². The lowest BCUT2D eigenvalue weighted by molar-refractivity contribution is 0.102. The van der Waals surface area contributed by atoms with Gasteiger partial charge in [-0.1, -0.05) is 18.2 Å². The van der Waals surface area contributed by atoms with Gasteiger partial charge in [0.15, 0.2) is 0 Å². The summed E-state index contributed by atoms with van der Waals surface area (Å²) >= 11 is 0. The van der Waals surface area contributed by atoms with Crippen molar-refractivity contribution in [2.24, 2.45) is 0 Å². The Bertz CT molecular complexity index is 952. The van der Waals surface area contributed by atoms with Crippen LogP contribution in [0.5, 0.6) is 11.5 Å². The van der Waals surface area contributed by atoms with Gasteiger partial charge in [-0.15, -0.1) is 0 Å². The summed E-state index contributed by atoms with van der Waals surface area (Å²) in [5.41, 5.74) is 1.84. The number of aryl methyl sites for hydroxylation is 1. The first-order valence-corrected chi connectivity index (χ1v) is 9.42. The lowest BCUT2D eigenvalue weighted by Gasteiger charge is -2.16. The summed E-state index contributed by atoms with van der Waals surface area (Å²) in [7, 11) is 0. The number of carbonyl (C=O) groups is 1. The number of anilines is 2. The third kappa shape index (κ3) is 4.28. The molecule has 6 nitrogen and oxygen atoms in total. The lowest BCUT2D eigenvalue weighted by atomic mass is 10.2. The number of carbonyl (C=O) groups excluding carboxylic acids is 1. The molecule has 0 saturated carbocycles. The van der Waals surface area contributed by atoms with Crippen LogP contribution in [-0.2, 0) is 0 Å². The van der Waals surface area contributed by atoms with Crippen molar-refractivity contribution in [3.05, 3.63) is 72.1 Å². The van der Waals surface area contributed by atoms with Crippen molar-refractivity contribution in [1.29, 1.82) is 0 Å². The van der Waals surface area contributed by atoms with Crippen LogP contribution in [0.3, 0.4) is 0 Å². The first-order valence-electron chi connectivity index (χ1n) is 9.42. The zero-order valence-corrected chi connectivity index (χ0v) is 15.8. The van der Waals surface area contributed by atoms with Crippen molar-refractivity contribution in [2.75, 3.05) is 23.3 Å². The Balaban J connectivity index is 1.44. The second-order valence-corrected chi connectivity index (χ2v) is 6.78. The monoisotopic (exact) mass is 374 g/mol. The van der Waals surface area contributed by atoms with Gasteiger partial charge >= 0.3 is 0 Å². The number of ether oxygens (including phenoxy) is 1. The Morgan fingerprint density at radius 3 is 2.36 bits per heavy atom. The molecule has 28 heavy (non-hydrogen) atoms. The molecule has 1 saturated heterocycles. The summed E-state index contributed by atoms with van der Waals surface area (Å²) in [4.78, 5) is 23.7. The van der Waals surface area contributed by atoms with Gasteiger partial charge in [0.2, 0.25) is 5.95 Å². The average molecular weight is 374 g/mol. The second kappa shape index (κ2) is 8.08. The molecule has 0 aliphatic carbocycles. The maximum absolute atomic E-state index is 12.7. The Kier molecular flexibility index (Phi) is 5.19. The largest absolute Gasteiger partial charge is 0.457 e. The van der Waals surface area contributed by atoms with Crippen LogP contribution in [0.2, 0.25) is 0 Å². The number of amides is 1. The van der Waals surface area contributed by atoms with E-state index in [-0.39, 0.29) is 5.91 Å². The first kappa shape index (κ1) is 18.0. The number of benzene rings is 2. The van der Waals surface area contributed by atoms with E-state index in [1.807, 2.05) is 61.5 Å². The predicted octanol–water partition coefficient (Wildman–Crippen LogP) is 4.43. The topological polar surface area (TPSA) is 67.3 Å². The number of nitrogens with zero attached hydrogens (tertiary/aromatic N) is 3. The van der Waals surface area contributed by atoms with Crippen LogP contribution in [0, 0.1) is 6.92 Å². The van der Waals surface area contributed by atoms with Gasteiger partial charge in [-0.05, 0) is 62.2 Å². The van der Waals surface area contributed by atoms with Gasteiger partial charge in [0.1, 0.15) is 17.2 Å². The van der Waals surface area contributed by atoms with E-state index in [0.29, 0.717) is 23.1 Å². The van der Waals surface area contributed by atoms with E-state index in [9.17, 15) is 4.79 Å². The third-order valence-electron chi connectivity index (χ3n) is 4.56. The SMILES string of the molecule is Cc1cc(C(=O)Nc2ccc(Oc3ccccc3)cc2)nc(N2CCCC2)n1. The zero-order valence-electron chi connectivity index (χ0n) is 15.8. The van der Waals surface area contributed by atoms with Crippen LogP contribution in [-0.4, -0.2) is 29.0 Å². The van der Waals surface area contributed by atoms with Crippen molar-refractivity contribution >= 4 is 17.5 Å². The molecule has 0 bridgehead atoms. The molecule has 1 aliphatic rings. The van der Waals surface area contributed by atoms with E-state index in [1.165, 1.54) is 0 Å². The van der Waals surface area contributed by atoms with Gasteiger partial charge in [-0.25, -0.2) is 9.97 Å². The first-order chi connectivity index (χ1) is 13.7. The quantitative estimate of drug-likeness (QED) is 0.716. The molecular formula is C22H22N4O2. The van der Waals surface area contributed by atoms with Gasteiger partial charge in [-0.3, -0.25) is 4.79 Å².